The van der Waals surface area contributed by atoms with Crippen LogP contribution in [0.2, 0.25) is 0 Å². The fourth-order valence-corrected chi connectivity index (χ4v) is 0.698. The normalized spacial score (nSPS) is 14.7. The molecule has 0 radical (unpaired) electrons. The molecular weight excluding hydrogens is 277 g/mol. The van der Waals surface area contributed by atoms with E-state index < -0.39 is 16.1 Å². The fourth-order valence-electron chi connectivity index (χ4n) is 0.298. The lowest BCUT2D eigenvalue weighted by atomic mass is 10.4. The number of hydrogen-bond donors (Lipinski definition) is 2. The first-order valence-corrected chi connectivity index (χ1v) is 4.66. The van der Waals surface area contributed by atoms with E-state index in [1.54, 1.807) is 0 Å². The van der Waals surface area contributed by atoms with Gasteiger partial charge in [-0.05, 0) is 22.6 Å². The van der Waals surface area contributed by atoms with Gasteiger partial charge in [0.2, 0.25) is 4.11 Å². The van der Waals surface area contributed by atoms with Crippen molar-refractivity contribution in [3.63, 3.8) is 0 Å². The molecule has 0 spiro atoms. The third-order valence-corrected chi connectivity index (χ3v) is 1.86. The molecule has 0 fully saturated rings. The molecule has 0 bridgehead atoms. The lowest BCUT2D eigenvalue weighted by Crippen LogP contribution is -2.35. The smallest absolute Gasteiger partial charge is 0.325 e. The third kappa shape index (κ3) is 4.50. The van der Waals surface area contributed by atoms with Crippen LogP contribution in [0.1, 0.15) is 0 Å². The Hall–Kier alpha value is 0.0700. The number of ether oxygens (including phenoxy) is 1. The highest BCUT2D eigenvalue weighted by molar-refractivity contribution is 14.1. The third-order valence-electron chi connectivity index (χ3n) is 0.850. The van der Waals surface area contributed by atoms with Crippen LogP contribution in [0.15, 0.2) is 0 Å². The predicted octanol–water partition coefficient (Wildman–Crippen LogP) is 0.181. The molecule has 2 atom stereocenters. The van der Waals surface area contributed by atoms with Gasteiger partial charge in [-0.2, -0.15) is 12.6 Å². The Kier molecular flexibility index (Phi) is 5.72. The quantitative estimate of drug-likeness (QED) is 0.256. The van der Waals surface area contributed by atoms with Crippen LogP contribution in [0.3, 0.4) is 0 Å². The zero-order chi connectivity index (χ0) is 8.85. The average Bonchev–Trinajstić information content (AvgIpc) is 2.02. The molecule has 0 saturated carbocycles. The molecule has 0 saturated heterocycles. The van der Waals surface area contributed by atoms with Gasteiger partial charge >= 0.3 is 5.97 Å². The SMILES string of the molecule is C#CC(I)OC(=O)C(N)CS. The Labute approximate surface area is 84.6 Å². The van der Waals surface area contributed by atoms with Crippen molar-refractivity contribution < 1.29 is 9.53 Å². The van der Waals surface area contributed by atoms with E-state index in [9.17, 15) is 4.79 Å². The van der Waals surface area contributed by atoms with E-state index in [2.05, 4.69) is 23.3 Å². The van der Waals surface area contributed by atoms with Crippen molar-refractivity contribution in [2.24, 2.45) is 5.73 Å². The fraction of sp³-hybridized carbons (Fsp3) is 0.500. The first-order valence-electron chi connectivity index (χ1n) is 2.79. The van der Waals surface area contributed by atoms with E-state index in [0.29, 0.717) is 0 Å². The molecule has 11 heavy (non-hydrogen) atoms. The number of alkyl halides is 1. The highest BCUT2D eigenvalue weighted by Gasteiger charge is 2.15. The molecule has 0 rings (SSSR count). The number of terminal acetylenes is 1. The van der Waals surface area contributed by atoms with Crippen LogP contribution in [-0.4, -0.2) is 21.9 Å². The summed E-state index contributed by atoms with van der Waals surface area (Å²) in [5.41, 5.74) is 5.30. The number of halogens is 1. The molecule has 0 aromatic rings. The molecule has 2 N–H and O–H groups in total. The second-order valence-electron chi connectivity index (χ2n) is 1.71. The van der Waals surface area contributed by atoms with E-state index in [4.69, 9.17) is 12.2 Å². The molecule has 0 aliphatic carbocycles. The summed E-state index contributed by atoms with van der Waals surface area (Å²) in [6, 6.07) is -0.691. The van der Waals surface area contributed by atoms with Crippen molar-refractivity contribution in [1.29, 1.82) is 0 Å². The van der Waals surface area contributed by atoms with E-state index in [-0.39, 0.29) is 5.75 Å². The van der Waals surface area contributed by atoms with Crippen LogP contribution in [0.5, 0.6) is 0 Å². The molecular formula is C6H8INO2S. The van der Waals surface area contributed by atoms with Gasteiger partial charge in [-0.25, -0.2) is 0 Å². The van der Waals surface area contributed by atoms with Gasteiger partial charge in [0.15, 0.2) is 0 Å². The topological polar surface area (TPSA) is 52.3 Å². The van der Waals surface area contributed by atoms with Gasteiger partial charge in [0, 0.05) is 5.75 Å². The van der Waals surface area contributed by atoms with Crippen LogP contribution in [-0.2, 0) is 9.53 Å². The number of rotatable bonds is 3. The van der Waals surface area contributed by atoms with Gasteiger partial charge in [0.1, 0.15) is 6.04 Å². The van der Waals surface area contributed by atoms with E-state index >= 15 is 0 Å². The van der Waals surface area contributed by atoms with E-state index in [1.165, 1.54) is 0 Å². The standard InChI is InChI=1S/C6H8INO2S/c1-2-5(7)10-6(9)4(8)3-11/h1,4-5,11H,3,8H2. The summed E-state index contributed by atoms with van der Waals surface area (Å²) in [7, 11) is 0. The minimum Gasteiger partial charge on any atom is -0.438 e. The van der Waals surface area contributed by atoms with Crippen molar-refractivity contribution >= 4 is 41.2 Å². The summed E-state index contributed by atoms with van der Waals surface area (Å²) in [5, 5.41) is 0. The van der Waals surface area contributed by atoms with Crippen molar-refractivity contribution in [2.75, 3.05) is 5.75 Å². The van der Waals surface area contributed by atoms with E-state index in [0.717, 1.165) is 0 Å². The summed E-state index contributed by atoms with van der Waals surface area (Å²) in [6.07, 6.45) is 4.97. The Morgan fingerprint density at radius 3 is 2.82 bits per heavy atom. The molecule has 2 unspecified atom stereocenters. The van der Waals surface area contributed by atoms with Crippen molar-refractivity contribution in [2.45, 2.75) is 10.2 Å². The Balaban J connectivity index is 3.80. The van der Waals surface area contributed by atoms with Crippen LogP contribution in [0.4, 0.5) is 0 Å². The summed E-state index contributed by atoms with van der Waals surface area (Å²) in [5.74, 6) is 1.98. The van der Waals surface area contributed by atoms with Crippen molar-refractivity contribution in [1.82, 2.24) is 0 Å². The summed E-state index contributed by atoms with van der Waals surface area (Å²) in [4.78, 5) is 10.8. The summed E-state index contributed by atoms with van der Waals surface area (Å²) in [6.45, 7) is 0. The van der Waals surface area contributed by atoms with Crippen LogP contribution >= 0.6 is 35.2 Å². The summed E-state index contributed by atoms with van der Waals surface area (Å²) < 4.78 is 4.14. The maximum atomic E-state index is 10.8. The Bertz CT molecular complexity index is 180. The molecule has 62 valence electrons. The van der Waals surface area contributed by atoms with Gasteiger partial charge < -0.3 is 10.5 Å². The lowest BCUT2D eigenvalue weighted by Gasteiger charge is -2.09. The molecule has 0 amide bonds. The van der Waals surface area contributed by atoms with Gasteiger partial charge in [0.25, 0.3) is 0 Å². The minimum atomic E-state index is -0.691. The Morgan fingerprint density at radius 2 is 2.45 bits per heavy atom. The number of carbonyl (C=O) groups is 1. The second kappa shape index (κ2) is 5.69. The highest BCUT2D eigenvalue weighted by atomic mass is 127. The summed E-state index contributed by atoms with van der Waals surface area (Å²) >= 11 is 5.64. The number of carbonyl (C=O) groups excluding carboxylic acids is 1. The van der Waals surface area contributed by atoms with E-state index in [1.807, 2.05) is 22.6 Å². The van der Waals surface area contributed by atoms with Crippen molar-refractivity contribution in [3.05, 3.63) is 0 Å². The molecule has 0 aliphatic rings. The largest absolute Gasteiger partial charge is 0.438 e. The van der Waals surface area contributed by atoms with Gasteiger partial charge in [-0.3, -0.25) is 4.79 Å². The van der Waals surface area contributed by atoms with Crippen LogP contribution < -0.4 is 5.73 Å². The zero-order valence-corrected chi connectivity index (χ0v) is 8.71. The maximum absolute atomic E-state index is 10.8. The van der Waals surface area contributed by atoms with Gasteiger partial charge in [-0.1, -0.05) is 5.92 Å². The number of thiol groups is 1. The Morgan fingerprint density at radius 1 is 1.91 bits per heavy atom. The number of hydrogen-bond acceptors (Lipinski definition) is 4. The minimum absolute atomic E-state index is 0.257. The highest BCUT2D eigenvalue weighted by Crippen LogP contribution is 2.02. The maximum Gasteiger partial charge on any atom is 0.325 e. The molecule has 5 heteroatoms. The number of esters is 1. The first kappa shape index (κ1) is 11.1. The lowest BCUT2D eigenvalue weighted by molar-refractivity contribution is -0.143. The molecule has 0 aliphatic heterocycles. The molecule has 0 heterocycles. The molecule has 3 nitrogen and oxygen atoms in total. The predicted molar refractivity (Wildman–Crippen MR) is 54.6 cm³/mol. The molecule has 0 aromatic heterocycles. The van der Waals surface area contributed by atoms with Crippen molar-refractivity contribution in [3.8, 4) is 12.3 Å². The monoisotopic (exact) mass is 285 g/mol. The van der Waals surface area contributed by atoms with Crippen LogP contribution in [0.25, 0.3) is 0 Å². The number of nitrogens with two attached hydrogens (primary N) is 1. The second-order valence-corrected chi connectivity index (χ2v) is 3.21. The molecule has 0 aromatic carbocycles. The first-order chi connectivity index (χ1) is 5.11. The van der Waals surface area contributed by atoms with Crippen LogP contribution in [0, 0.1) is 12.3 Å². The van der Waals surface area contributed by atoms with Gasteiger partial charge in [0.05, 0.1) is 0 Å². The van der Waals surface area contributed by atoms with Gasteiger partial charge in [-0.15, -0.1) is 6.42 Å². The average molecular weight is 285 g/mol. The zero-order valence-electron chi connectivity index (χ0n) is 5.66.